The summed E-state index contributed by atoms with van der Waals surface area (Å²) in [6.07, 6.45) is 2.10. The lowest BCUT2D eigenvalue weighted by Crippen LogP contribution is -2.31. The molecule has 17 heavy (non-hydrogen) atoms. The first-order valence-corrected chi connectivity index (χ1v) is 7.00. The van der Waals surface area contributed by atoms with Crippen LogP contribution in [0.3, 0.4) is 0 Å². The highest BCUT2D eigenvalue weighted by molar-refractivity contribution is 7.85. The van der Waals surface area contributed by atoms with E-state index in [0.29, 0.717) is 10.6 Å². The molecule has 4 nitrogen and oxygen atoms in total. The third-order valence-electron chi connectivity index (χ3n) is 2.83. The van der Waals surface area contributed by atoms with Crippen LogP contribution in [0.15, 0.2) is 29.2 Å². The lowest BCUT2D eigenvalue weighted by atomic mass is 10.3. The van der Waals surface area contributed by atoms with Gasteiger partial charge in [0, 0.05) is 23.7 Å². The van der Waals surface area contributed by atoms with Crippen LogP contribution in [0.4, 0.5) is 5.69 Å². The maximum Gasteiger partial charge on any atom is 0.235 e. The van der Waals surface area contributed by atoms with Gasteiger partial charge in [-0.25, -0.2) is 0 Å². The van der Waals surface area contributed by atoms with Crippen molar-refractivity contribution >= 4 is 22.4 Å². The van der Waals surface area contributed by atoms with E-state index in [1.807, 2.05) is 0 Å². The maximum absolute atomic E-state index is 12.0. The van der Waals surface area contributed by atoms with Crippen molar-refractivity contribution in [2.45, 2.75) is 17.7 Å². The maximum atomic E-state index is 12.0. The fourth-order valence-electron chi connectivity index (χ4n) is 1.91. The number of anilines is 1. The molecule has 0 saturated carbocycles. The molecular formula is C12H16N2O2S. The molecular weight excluding hydrogens is 236 g/mol. The molecule has 0 bridgehead atoms. The van der Waals surface area contributed by atoms with Crippen LogP contribution in [0.5, 0.6) is 0 Å². The van der Waals surface area contributed by atoms with Gasteiger partial charge in [-0.1, -0.05) is 6.07 Å². The van der Waals surface area contributed by atoms with Crippen LogP contribution in [-0.2, 0) is 15.6 Å². The summed E-state index contributed by atoms with van der Waals surface area (Å²) in [5.41, 5.74) is 6.19. The highest BCUT2D eigenvalue weighted by Crippen LogP contribution is 2.13. The van der Waals surface area contributed by atoms with Gasteiger partial charge in [0.2, 0.25) is 5.91 Å². The number of nitrogens with two attached hydrogens (primary N) is 1. The fourth-order valence-corrected chi connectivity index (χ4v) is 2.98. The first kappa shape index (κ1) is 12.1. The van der Waals surface area contributed by atoms with Gasteiger partial charge in [-0.15, -0.1) is 0 Å². The SMILES string of the molecule is Nc1cccc(S(=O)CC(=O)N2CCCC2)c1. The van der Waals surface area contributed by atoms with Gasteiger partial charge < -0.3 is 10.6 Å². The fraction of sp³-hybridized carbons (Fsp3) is 0.417. The lowest BCUT2D eigenvalue weighted by Gasteiger charge is -2.14. The molecule has 5 heteroatoms. The molecule has 1 aromatic rings. The van der Waals surface area contributed by atoms with Gasteiger partial charge in [0.05, 0.1) is 10.8 Å². The minimum absolute atomic E-state index is 0.0248. The normalized spacial score (nSPS) is 17.1. The first-order chi connectivity index (χ1) is 8.16. The smallest absolute Gasteiger partial charge is 0.235 e. The van der Waals surface area contributed by atoms with Crippen LogP contribution in [0.25, 0.3) is 0 Å². The Morgan fingerprint density at radius 2 is 2.06 bits per heavy atom. The number of benzene rings is 1. The second kappa shape index (κ2) is 5.31. The number of rotatable bonds is 3. The molecule has 0 spiro atoms. The Hall–Kier alpha value is -1.36. The van der Waals surface area contributed by atoms with Gasteiger partial charge in [0.1, 0.15) is 5.75 Å². The summed E-state index contributed by atoms with van der Waals surface area (Å²) in [4.78, 5) is 14.2. The first-order valence-electron chi connectivity index (χ1n) is 5.68. The third-order valence-corrected chi connectivity index (χ3v) is 4.12. The lowest BCUT2D eigenvalue weighted by molar-refractivity contribution is -0.127. The van der Waals surface area contributed by atoms with Crippen LogP contribution < -0.4 is 5.73 Å². The largest absolute Gasteiger partial charge is 0.399 e. The van der Waals surface area contributed by atoms with Crippen LogP contribution >= 0.6 is 0 Å². The average Bonchev–Trinajstić information content (AvgIpc) is 2.82. The summed E-state index contributed by atoms with van der Waals surface area (Å²) in [7, 11) is -1.29. The second-order valence-corrected chi connectivity index (χ2v) is 5.60. The zero-order valence-corrected chi connectivity index (χ0v) is 10.4. The van der Waals surface area contributed by atoms with Gasteiger partial charge in [-0.2, -0.15) is 0 Å². The number of nitrogen functional groups attached to an aromatic ring is 1. The van der Waals surface area contributed by atoms with E-state index < -0.39 is 10.8 Å². The highest BCUT2D eigenvalue weighted by atomic mass is 32.2. The Morgan fingerprint density at radius 1 is 1.35 bits per heavy atom. The quantitative estimate of drug-likeness (QED) is 0.816. The van der Waals surface area contributed by atoms with Gasteiger partial charge in [-0.05, 0) is 31.0 Å². The molecule has 1 aliphatic rings. The van der Waals surface area contributed by atoms with Gasteiger partial charge in [0.25, 0.3) is 0 Å². The van der Waals surface area contributed by atoms with Gasteiger partial charge in [0.15, 0.2) is 0 Å². The molecule has 1 saturated heterocycles. The average molecular weight is 252 g/mol. The molecule has 2 rings (SSSR count). The highest BCUT2D eigenvalue weighted by Gasteiger charge is 2.20. The van der Waals surface area contributed by atoms with Crippen molar-refractivity contribution in [1.29, 1.82) is 0 Å². The van der Waals surface area contributed by atoms with E-state index in [1.54, 1.807) is 29.2 Å². The number of carbonyl (C=O) groups excluding carboxylic acids is 1. The molecule has 2 N–H and O–H groups in total. The Kier molecular flexibility index (Phi) is 3.78. The number of hydrogen-bond acceptors (Lipinski definition) is 3. The monoisotopic (exact) mass is 252 g/mol. The van der Waals surface area contributed by atoms with Gasteiger partial charge in [-0.3, -0.25) is 9.00 Å². The molecule has 1 aromatic carbocycles. The van der Waals surface area contributed by atoms with Crippen LogP contribution in [0.1, 0.15) is 12.8 Å². The molecule has 1 fully saturated rings. The van der Waals surface area contributed by atoms with Gasteiger partial charge >= 0.3 is 0 Å². The Balaban J connectivity index is 1.99. The number of nitrogens with zero attached hydrogens (tertiary/aromatic N) is 1. The Labute approximate surface area is 103 Å². The van der Waals surface area contributed by atoms with E-state index in [1.165, 1.54) is 0 Å². The molecule has 1 aliphatic heterocycles. The molecule has 1 amide bonds. The summed E-state index contributed by atoms with van der Waals surface area (Å²) in [5.74, 6) is 0.0342. The van der Waals surface area contributed by atoms with Crippen molar-refractivity contribution in [2.24, 2.45) is 0 Å². The molecule has 0 aliphatic carbocycles. The number of hydrogen-bond donors (Lipinski definition) is 1. The molecule has 0 aromatic heterocycles. The van der Waals surface area contributed by atoms with E-state index in [9.17, 15) is 9.00 Å². The topological polar surface area (TPSA) is 63.4 Å². The molecule has 92 valence electrons. The minimum atomic E-state index is -1.29. The minimum Gasteiger partial charge on any atom is -0.399 e. The van der Waals surface area contributed by atoms with Crippen LogP contribution in [0.2, 0.25) is 0 Å². The van der Waals surface area contributed by atoms with Crippen molar-refractivity contribution in [3.05, 3.63) is 24.3 Å². The number of amides is 1. The van der Waals surface area contributed by atoms with Crippen molar-refractivity contribution in [3.63, 3.8) is 0 Å². The summed E-state index contributed by atoms with van der Waals surface area (Å²) in [5, 5.41) is 0. The van der Waals surface area contributed by atoms with Crippen LogP contribution in [-0.4, -0.2) is 33.9 Å². The predicted molar refractivity (Wildman–Crippen MR) is 67.9 cm³/mol. The zero-order valence-electron chi connectivity index (χ0n) is 9.59. The van der Waals surface area contributed by atoms with E-state index in [-0.39, 0.29) is 11.7 Å². The van der Waals surface area contributed by atoms with E-state index in [2.05, 4.69) is 0 Å². The molecule has 1 heterocycles. The third kappa shape index (κ3) is 3.06. The van der Waals surface area contributed by atoms with Crippen molar-refractivity contribution in [1.82, 2.24) is 4.90 Å². The van der Waals surface area contributed by atoms with E-state index in [4.69, 9.17) is 5.73 Å². The molecule has 1 atom stereocenters. The van der Waals surface area contributed by atoms with E-state index in [0.717, 1.165) is 25.9 Å². The summed E-state index contributed by atoms with van der Waals surface area (Å²) in [6, 6.07) is 6.89. The molecule has 1 unspecified atom stereocenters. The zero-order chi connectivity index (χ0) is 12.3. The summed E-state index contributed by atoms with van der Waals surface area (Å²) in [6.45, 7) is 1.60. The van der Waals surface area contributed by atoms with Crippen molar-refractivity contribution < 1.29 is 9.00 Å². The summed E-state index contributed by atoms with van der Waals surface area (Å²) < 4.78 is 12.0. The molecule has 0 radical (unpaired) electrons. The van der Waals surface area contributed by atoms with Crippen molar-refractivity contribution in [2.75, 3.05) is 24.6 Å². The van der Waals surface area contributed by atoms with E-state index >= 15 is 0 Å². The number of likely N-dealkylation sites (tertiary alicyclic amines) is 1. The number of carbonyl (C=O) groups is 1. The second-order valence-electron chi connectivity index (χ2n) is 4.15. The summed E-state index contributed by atoms with van der Waals surface area (Å²) >= 11 is 0. The predicted octanol–water partition coefficient (Wildman–Crippen LogP) is 0.999. The standard InChI is InChI=1S/C12H16N2O2S/c13-10-4-3-5-11(8-10)17(16)9-12(15)14-6-1-2-7-14/h3-5,8H,1-2,6-7,9,13H2. The van der Waals surface area contributed by atoms with Crippen molar-refractivity contribution in [3.8, 4) is 0 Å². The Morgan fingerprint density at radius 3 is 2.71 bits per heavy atom. The Bertz CT molecular complexity index is 442. The van der Waals surface area contributed by atoms with Crippen LogP contribution in [0, 0.1) is 0 Å².